The van der Waals surface area contributed by atoms with Gasteiger partial charge in [0.1, 0.15) is 0 Å². The number of amides is 1. The number of hydrogen-bond donors (Lipinski definition) is 2. The second kappa shape index (κ2) is 5.69. The first-order chi connectivity index (χ1) is 5.20. The van der Waals surface area contributed by atoms with Gasteiger partial charge in [-0.05, 0) is 13.5 Å². The number of nitrogens with one attached hydrogen (secondary N) is 2. The maximum absolute atomic E-state index is 10.8. The number of carbonyl (C=O) groups excluding carboxylic acids is 1. The average Bonchev–Trinajstić information content (AvgIpc) is 1.87. The summed E-state index contributed by atoms with van der Waals surface area (Å²) >= 11 is 0. The van der Waals surface area contributed by atoms with Crippen LogP contribution in [-0.4, -0.2) is 18.5 Å². The fourth-order valence-electron chi connectivity index (χ4n) is 0.812. The highest BCUT2D eigenvalue weighted by molar-refractivity contribution is 5.77. The first kappa shape index (κ1) is 9.92. The number of carbonyl (C=O) groups is 1. The van der Waals surface area contributed by atoms with Gasteiger partial charge in [-0.2, -0.15) is 5.26 Å². The van der Waals surface area contributed by atoms with E-state index in [4.69, 9.17) is 5.26 Å². The Labute approximate surface area is 66.6 Å². The molecule has 11 heavy (non-hydrogen) atoms. The normalized spacial score (nSPS) is 11.7. The van der Waals surface area contributed by atoms with Crippen LogP contribution in [-0.2, 0) is 4.79 Å². The minimum atomic E-state index is -0.235. The largest absolute Gasteiger partial charge is 0.314 e. The third-order valence-corrected chi connectivity index (χ3v) is 1.24. The van der Waals surface area contributed by atoms with Crippen molar-refractivity contribution in [3.8, 4) is 6.19 Å². The summed E-state index contributed by atoms with van der Waals surface area (Å²) in [7, 11) is 0. The highest BCUT2D eigenvalue weighted by Gasteiger charge is 2.05. The van der Waals surface area contributed by atoms with E-state index in [0.29, 0.717) is 6.42 Å². The lowest BCUT2D eigenvalue weighted by Crippen LogP contribution is -2.31. The highest BCUT2D eigenvalue weighted by atomic mass is 16.1. The highest BCUT2D eigenvalue weighted by Crippen LogP contribution is 1.88. The maximum atomic E-state index is 10.8. The number of rotatable bonds is 4. The van der Waals surface area contributed by atoms with Gasteiger partial charge in [-0.25, -0.2) is 0 Å². The van der Waals surface area contributed by atoms with Gasteiger partial charge in [0.2, 0.25) is 5.91 Å². The molecule has 0 saturated carbocycles. The molecule has 1 unspecified atom stereocenters. The maximum Gasteiger partial charge on any atom is 0.234 e. The van der Waals surface area contributed by atoms with Crippen LogP contribution in [0.2, 0.25) is 0 Å². The molecule has 0 aromatic heterocycles. The fraction of sp³-hybridized carbons (Fsp3) is 0.714. The van der Waals surface area contributed by atoms with Crippen LogP contribution < -0.4 is 10.6 Å². The van der Waals surface area contributed by atoms with Crippen molar-refractivity contribution in [3.63, 3.8) is 0 Å². The predicted molar refractivity (Wildman–Crippen MR) is 41.5 cm³/mol. The van der Waals surface area contributed by atoms with Crippen molar-refractivity contribution in [2.24, 2.45) is 0 Å². The standard InChI is InChI=1S/C7H13N3O/c1-3-9-6(2)4-7(11)10-5-8/h6,9H,3-4H2,1-2H3,(H,10,11). The smallest absolute Gasteiger partial charge is 0.234 e. The van der Waals surface area contributed by atoms with Crippen LogP contribution in [0.4, 0.5) is 0 Å². The summed E-state index contributed by atoms with van der Waals surface area (Å²) in [5.74, 6) is -0.235. The van der Waals surface area contributed by atoms with Gasteiger partial charge in [-0.15, -0.1) is 0 Å². The Hall–Kier alpha value is -1.08. The van der Waals surface area contributed by atoms with Crippen LogP contribution >= 0.6 is 0 Å². The van der Waals surface area contributed by atoms with Gasteiger partial charge in [0.05, 0.1) is 0 Å². The summed E-state index contributed by atoms with van der Waals surface area (Å²) < 4.78 is 0. The van der Waals surface area contributed by atoms with Crippen LogP contribution in [0.5, 0.6) is 0 Å². The molecule has 1 amide bonds. The topological polar surface area (TPSA) is 64.9 Å². The molecule has 4 heteroatoms. The zero-order valence-electron chi connectivity index (χ0n) is 6.85. The zero-order chi connectivity index (χ0) is 8.69. The second-order valence-corrected chi connectivity index (χ2v) is 2.32. The molecule has 1 atom stereocenters. The lowest BCUT2D eigenvalue weighted by atomic mass is 10.2. The average molecular weight is 155 g/mol. The minimum Gasteiger partial charge on any atom is -0.314 e. The van der Waals surface area contributed by atoms with E-state index in [1.54, 1.807) is 6.19 Å². The number of hydrogen-bond acceptors (Lipinski definition) is 3. The Morgan fingerprint density at radius 1 is 1.73 bits per heavy atom. The first-order valence-electron chi connectivity index (χ1n) is 3.62. The molecule has 0 radical (unpaired) electrons. The molecule has 0 heterocycles. The van der Waals surface area contributed by atoms with Gasteiger partial charge in [-0.3, -0.25) is 10.1 Å². The van der Waals surface area contributed by atoms with E-state index in [-0.39, 0.29) is 11.9 Å². The Kier molecular flexibility index (Phi) is 5.13. The molecule has 4 nitrogen and oxygen atoms in total. The fourth-order valence-corrected chi connectivity index (χ4v) is 0.812. The Morgan fingerprint density at radius 3 is 2.82 bits per heavy atom. The van der Waals surface area contributed by atoms with Gasteiger partial charge < -0.3 is 5.32 Å². The van der Waals surface area contributed by atoms with Gasteiger partial charge in [0, 0.05) is 12.5 Å². The number of nitriles is 1. The van der Waals surface area contributed by atoms with E-state index in [9.17, 15) is 4.79 Å². The van der Waals surface area contributed by atoms with Crippen molar-refractivity contribution in [2.45, 2.75) is 26.3 Å². The predicted octanol–water partition coefficient (Wildman–Crippen LogP) is -0.0282. The lowest BCUT2D eigenvalue weighted by Gasteiger charge is -2.09. The van der Waals surface area contributed by atoms with Crippen molar-refractivity contribution in [1.29, 1.82) is 5.26 Å². The Bertz CT molecular complexity index is 162. The summed E-state index contributed by atoms with van der Waals surface area (Å²) in [6, 6.07) is 0.133. The molecule has 0 bridgehead atoms. The van der Waals surface area contributed by atoms with E-state index in [1.165, 1.54) is 0 Å². The third kappa shape index (κ3) is 5.37. The summed E-state index contributed by atoms with van der Waals surface area (Å²) in [4.78, 5) is 10.8. The zero-order valence-corrected chi connectivity index (χ0v) is 6.85. The summed E-state index contributed by atoms with van der Waals surface area (Å²) in [6.07, 6.45) is 1.94. The molecule has 0 aromatic carbocycles. The van der Waals surface area contributed by atoms with Crippen LogP contribution in [0.25, 0.3) is 0 Å². The molecule has 0 rings (SSSR count). The molecule has 62 valence electrons. The van der Waals surface area contributed by atoms with Crippen LogP contribution in [0, 0.1) is 11.5 Å². The van der Waals surface area contributed by atoms with Crippen LogP contribution in [0.1, 0.15) is 20.3 Å². The first-order valence-corrected chi connectivity index (χ1v) is 3.62. The van der Waals surface area contributed by atoms with Gasteiger partial charge in [0.15, 0.2) is 6.19 Å². The molecule has 0 fully saturated rings. The van der Waals surface area contributed by atoms with E-state index >= 15 is 0 Å². The minimum absolute atomic E-state index is 0.133. The summed E-state index contributed by atoms with van der Waals surface area (Å²) in [6.45, 7) is 4.71. The van der Waals surface area contributed by atoms with Gasteiger partial charge in [0.25, 0.3) is 0 Å². The lowest BCUT2D eigenvalue weighted by molar-refractivity contribution is -0.120. The van der Waals surface area contributed by atoms with Crippen molar-refractivity contribution < 1.29 is 4.79 Å². The molecule has 2 N–H and O–H groups in total. The summed E-state index contributed by atoms with van der Waals surface area (Å²) in [5, 5.41) is 13.2. The van der Waals surface area contributed by atoms with Gasteiger partial charge in [-0.1, -0.05) is 6.92 Å². The van der Waals surface area contributed by atoms with Crippen LogP contribution in [0.15, 0.2) is 0 Å². The molecular formula is C7H13N3O. The Morgan fingerprint density at radius 2 is 2.36 bits per heavy atom. The monoisotopic (exact) mass is 155 g/mol. The molecule has 0 aliphatic heterocycles. The van der Waals surface area contributed by atoms with E-state index < -0.39 is 0 Å². The molecule has 0 aromatic rings. The van der Waals surface area contributed by atoms with E-state index in [1.807, 2.05) is 13.8 Å². The molecule has 0 saturated heterocycles. The third-order valence-electron chi connectivity index (χ3n) is 1.24. The van der Waals surface area contributed by atoms with Crippen molar-refractivity contribution in [2.75, 3.05) is 6.54 Å². The van der Waals surface area contributed by atoms with Crippen molar-refractivity contribution in [3.05, 3.63) is 0 Å². The summed E-state index contributed by atoms with van der Waals surface area (Å²) in [5.41, 5.74) is 0. The molecular weight excluding hydrogens is 142 g/mol. The molecule has 0 spiro atoms. The number of nitrogens with zero attached hydrogens (tertiary/aromatic N) is 1. The molecule has 0 aliphatic rings. The van der Waals surface area contributed by atoms with E-state index in [0.717, 1.165) is 6.54 Å². The quantitative estimate of drug-likeness (QED) is 0.442. The van der Waals surface area contributed by atoms with E-state index in [2.05, 4.69) is 10.6 Å². The SMILES string of the molecule is CCNC(C)CC(=O)NC#N. The van der Waals surface area contributed by atoms with Gasteiger partial charge >= 0.3 is 0 Å². The van der Waals surface area contributed by atoms with Crippen molar-refractivity contribution in [1.82, 2.24) is 10.6 Å². The second-order valence-electron chi connectivity index (χ2n) is 2.32. The Balaban J connectivity index is 3.50. The molecule has 0 aliphatic carbocycles. The van der Waals surface area contributed by atoms with Crippen LogP contribution in [0.3, 0.4) is 0 Å². The van der Waals surface area contributed by atoms with Crippen molar-refractivity contribution >= 4 is 5.91 Å².